The molecule has 0 aliphatic carbocycles. The molecule has 0 unspecified atom stereocenters. The van der Waals surface area contributed by atoms with Crippen molar-refractivity contribution < 1.29 is 4.79 Å². The monoisotopic (exact) mass is 356 g/mol. The van der Waals surface area contributed by atoms with Gasteiger partial charge < -0.3 is 4.90 Å². The first-order valence-electron chi connectivity index (χ1n) is 8.06. The predicted octanol–water partition coefficient (Wildman–Crippen LogP) is 4.51. The summed E-state index contributed by atoms with van der Waals surface area (Å²) < 4.78 is 0. The van der Waals surface area contributed by atoms with E-state index in [4.69, 9.17) is 0 Å². The van der Waals surface area contributed by atoms with E-state index in [1.165, 1.54) is 5.56 Å². The topological polar surface area (TPSA) is 33.2 Å². The highest BCUT2D eigenvalue weighted by Crippen LogP contribution is 2.28. The zero-order valence-electron chi connectivity index (χ0n) is 13.6. The summed E-state index contributed by atoms with van der Waals surface area (Å²) in [7, 11) is 0. The van der Waals surface area contributed by atoms with E-state index in [0.29, 0.717) is 6.42 Å². The Morgan fingerprint density at radius 1 is 1.12 bits per heavy atom. The quantitative estimate of drug-likeness (QED) is 0.624. The maximum atomic E-state index is 12.6. The molecule has 2 heterocycles. The number of hydrogen-bond acceptors (Lipinski definition) is 4. The molecule has 0 fully saturated rings. The van der Waals surface area contributed by atoms with Crippen molar-refractivity contribution in [1.29, 1.82) is 0 Å². The number of carbonyl (C=O) groups is 1. The summed E-state index contributed by atoms with van der Waals surface area (Å²) in [6.07, 6.45) is 1.27. The zero-order valence-corrected chi connectivity index (χ0v) is 15.3. The van der Waals surface area contributed by atoms with Gasteiger partial charge in [-0.05, 0) is 30.4 Å². The van der Waals surface area contributed by atoms with Crippen molar-refractivity contribution in [3.05, 3.63) is 64.5 Å². The lowest BCUT2D eigenvalue weighted by molar-refractivity contribution is -0.130. The van der Waals surface area contributed by atoms with Crippen LogP contribution in [0.15, 0.2) is 53.2 Å². The van der Waals surface area contributed by atoms with E-state index in [-0.39, 0.29) is 5.91 Å². The minimum absolute atomic E-state index is 0.150. The molecule has 3 nitrogen and oxygen atoms in total. The summed E-state index contributed by atoms with van der Waals surface area (Å²) in [4.78, 5) is 20.2. The summed E-state index contributed by atoms with van der Waals surface area (Å²) >= 11 is 3.28. The first-order chi connectivity index (χ1) is 11.8. The predicted molar refractivity (Wildman–Crippen MR) is 102 cm³/mol. The fourth-order valence-electron chi connectivity index (χ4n) is 2.54. The molecule has 0 N–H and O–H groups in total. The standard InChI is InChI=1S/C19H20N2OS2/c1-2-21(11-10-15-7-4-3-5-8-15)18(22)13-16-14-24-19(20-16)17-9-6-12-23-17/h3-9,12,14H,2,10-11,13H2,1H3. The molecule has 0 aliphatic heterocycles. The summed E-state index contributed by atoms with van der Waals surface area (Å²) in [6.45, 7) is 3.51. The van der Waals surface area contributed by atoms with Crippen molar-refractivity contribution in [2.75, 3.05) is 13.1 Å². The zero-order chi connectivity index (χ0) is 16.8. The molecule has 3 aromatic rings. The molecule has 0 aliphatic rings. The third kappa shape index (κ3) is 4.30. The third-order valence-corrected chi connectivity index (χ3v) is 5.79. The van der Waals surface area contributed by atoms with Crippen molar-refractivity contribution >= 4 is 28.6 Å². The van der Waals surface area contributed by atoms with E-state index in [0.717, 1.165) is 35.1 Å². The lowest BCUT2D eigenvalue weighted by Crippen LogP contribution is -2.34. The Morgan fingerprint density at radius 2 is 1.96 bits per heavy atom. The van der Waals surface area contributed by atoms with E-state index in [2.05, 4.69) is 23.2 Å². The van der Waals surface area contributed by atoms with Crippen LogP contribution in [-0.2, 0) is 17.6 Å². The second-order valence-electron chi connectivity index (χ2n) is 5.51. The van der Waals surface area contributed by atoms with Crippen molar-refractivity contribution in [2.45, 2.75) is 19.8 Å². The van der Waals surface area contributed by atoms with Gasteiger partial charge >= 0.3 is 0 Å². The fraction of sp³-hybridized carbons (Fsp3) is 0.263. The average molecular weight is 357 g/mol. The molecule has 1 aromatic carbocycles. The van der Waals surface area contributed by atoms with Crippen LogP contribution in [0.5, 0.6) is 0 Å². The molecule has 0 atom stereocenters. The number of aromatic nitrogens is 1. The number of hydrogen-bond donors (Lipinski definition) is 0. The van der Waals surface area contributed by atoms with Crippen LogP contribution in [0.1, 0.15) is 18.2 Å². The van der Waals surface area contributed by atoms with Crippen molar-refractivity contribution in [2.24, 2.45) is 0 Å². The van der Waals surface area contributed by atoms with E-state index < -0.39 is 0 Å². The van der Waals surface area contributed by atoms with E-state index in [1.54, 1.807) is 22.7 Å². The van der Waals surface area contributed by atoms with Gasteiger partial charge in [-0.15, -0.1) is 22.7 Å². The maximum absolute atomic E-state index is 12.6. The summed E-state index contributed by atoms with van der Waals surface area (Å²) in [5.74, 6) is 0.150. The Labute approximate surface area is 150 Å². The highest BCUT2D eigenvalue weighted by atomic mass is 32.1. The molecule has 0 saturated carbocycles. The lowest BCUT2D eigenvalue weighted by atomic mass is 10.1. The van der Waals surface area contributed by atoms with E-state index in [9.17, 15) is 4.79 Å². The van der Waals surface area contributed by atoms with E-state index in [1.807, 2.05) is 46.8 Å². The van der Waals surface area contributed by atoms with Crippen LogP contribution in [0, 0.1) is 0 Å². The Kier molecular flexibility index (Phi) is 5.77. The van der Waals surface area contributed by atoms with Gasteiger partial charge in [0, 0.05) is 18.5 Å². The van der Waals surface area contributed by atoms with Gasteiger partial charge in [0.05, 0.1) is 17.0 Å². The van der Waals surface area contributed by atoms with Crippen LogP contribution in [0.3, 0.4) is 0 Å². The Balaban J connectivity index is 1.58. The van der Waals surface area contributed by atoms with Gasteiger partial charge in [-0.3, -0.25) is 4.79 Å². The van der Waals surface area contributed by atoms with E-state index >= 15 is 0 Å². The summed E-state index contributed by atoms with van der Waals surface area (Å²) in [5, 5.41) is 5.04. The lowest BCUT2D eigenvalue weighted by Gasteiger charge is -2.20. The van der Waals surface area contributed by atoms with Crippen LogP contribution >= 0.6 is 22.7 Å². The molecule has 124 valence electrons. The van der Waals surface area contributed by atoms with Crippen molar-refractivity contribution in [3.63, 3.8) is 0 Å². The summed E-state index contributed by atoms with van der Waals surface area (Å²) in [6, 6.07) is 14.4. The second-order valence-corrected chi connectivity index (χ2v) is 7.31. The van der Waals surface area contributed by atoms with Gasteiger partial charge in [0.2, 0.25) is 5.91 Å². The van der Waals surface area contributed by atoms with Gasteiger partial charge in [0.25, 0.3) is 0 Å². The molecule has 1 amide bonds. The van der Waals surface area contributed by atoms with Gasteiger partial charge in [-0.25, -0.2) is 4.98 Å². The number of carbonyl (C=O) groups excluding carboxylic acids is 1. The molecular formula is C19H20N2OS2. The molecule has 24 heavy (non-hydrogen) atoms. The first kappa shape index (κ1) is 16.9. The minimum Gasteiger partial charge on any atom is -0.342 e. The molecule has 2 aromatic heterocycles. The second kappa shape index (κ2) is 8.22. The molecule has 0 spiro atoms. The van der Waals surface area contributed by atoms with Gasteiger partial charge in [0.1, 0.15) is 5.01 Å². The minimum atomic E-state index is 0.150. The van der Waals surface area contributed by atoms with Crippen LogP contribution < -0.4 is 0 Å². The van der Waals surface area contributed by atoms with Crippen LogP contribution in [0.2, 0.25) is 0 Å². The number of amides is 1. The third-order valence-electron chi connectivity index (χ3n) is 3.86. The summed E-state index contributed by atoms with van der Waals surface area (Å²) in [5.41, 5.74) is 2.13. The number of thiophene rings is 1. The number of nitrogens with zero attached hydrogens (tertiary/aromatic N) is 2. The number of likely N-dealkylation sites (N-methyl/N-ethyl adjacent to an activating group) is 1. The van der Waals surface area contributed by atoms with Crippen molar-refractivity contribution in [1.82, 2.24) is 9.88 Å². The van der Waals surface area contributed by atoms with Gasteiger partial charge in [-0.2, -0.15) is 0 Å². The Morgan fingerprint density at radius 3 is 2.67 bits per heavy atom. The SMILES string of the molecule is CCN(CCc1ccccc1)C(=O)Cc1csc(-c2cccs2)n1. The smallest absolute Gasteiger partial charge is 0.228 e. The maximum Gasteiger partial charge on any atom is 0.228 e. The molecule has 0 saturated heterocycles. The van der Waals surface area contributed by atoms with Crippen LogP contribution in [0.4, 0.5) is 0 Å². The Bertz CT molecular complexity index is 766. The first-order valence-corrected chi connectivity index (χ1v) is 9.82. The molecule has 0 bridgehead atoms. The normalized spacial score (nSPS) is 10.7. The number of thiazole rings is 1. The number of rotatable bonds is 7. The van der Waals surface area contributed by atoms with Gasteiger partial charge in [-0.1, -0.05) is 36.4 Å². The largest absolute Gasteiger partial charge is 0.342 e. The molecule has 0 radical (unpaired) electrons. The molecular weight excluding hydrogens is 336 g/mol. The highest BCUT2D eigenvalue weighted by molar-refractivity contribution is 7.20. The van der Waals surface area contributed by atoms with Crippen molar-refractivity contribution in [3.8, 4) is 9.88 Å². The van der Waals surface area contributed by atoms with Crippen LogP contribution in [-0.4, -0.2) is 28.9 Å². The van der Waals surface area contributed by atoms with Crippen LogP contribution in [0.25, 0.3) is 9.88 Å². The number of benzene rings is 1. The fourth-order valence-corrected chi connectivity index (χ4v) is 4.17. The van der Waals surface area contributed by atoms with Gasteiger partial charge in [0.15, 0.2) is 0 Å². The average Bonchev–Trinajstić information content (AvgIpc) is 3.27. The Hall–Kier alpha value is -1.98. The highest BCUT2D eigenvalue weighted by Gasteiger charge is 2.15. The molecule has 5 heteroatoms. The molecule has 3 rings (SSSR count).